The van der Waals surface area contributed by atoms with Gasteiger partial charge in [-0.3, -0.25) is 9.59 Å². The van der Waals surface area contributed by atoms with Gasteiger partial charge in [-0.15, -0.1) is 11.8 Å². The van der Waals surface area contributed by atoms with Gasteiger partial charge in [0.25, 0.3) is 0 Å². The van der Waals surface area contributed by atoms with Crippen LogP contribution in [0.25, 0.3) is 0 Å². The van der Waals surface area contributed by atoms with Gasteiger partial charge in [-0.05, 0) is 35.8 Å². The highest BCUT2D eigenvalue weighted by Crippen LogP contribution is 2.32. The first-order chi connectivity index (χ1) is 11.2. The van der Waals surface area contributed by atoms with Gasteiger partial charge in [0.15, 0.2) is 6.29 Å². The van der Waals surface area contributed by atoms with Crippen molar-refractivity contribution in [3.05, 3.63) is 46.0 Å². The molecule has 1 unspecified atom stereocenters. The van der Waals surface area contributed by atoms with E-state index in [2.05, 4.69) is 5.32 Å². The summed E-state index contributed by atoms with van der Waals surface area (Å²) in [6.45, 7) is 1.53. The van der Waals surface area contributed by atoms with Crippen LogP contribution in [0.4, 0.5) is 0 Å². The lowest BCUT2D eigenvalue weighted by Crippen LogP contribution is -2.43. The number of carbonyl (C=O) groups is 2. The Morgan fingerprint density at radius 3 is 2.74 bits per heavy atom. The van der Waals surface area contributed by atoms with Gasteiger partial charge >= 0.3 is 0 Å². The van der Waals surface area contributed by atoms with Crippen molar-refractivity contribution in [3.63, 3.8) is 0 Å². The maximum absolute atomic E-state index is 12.4. The number of hydrogen-bond acceptors (Lipinski definition) is 4. The topological polar surface area (TPSA) is 49.4 Å². The second kappa shape index (κ2) is 7.41. The first-order valence-corrected chi connectivity index (χ1v) is 9.08. The zero-order valence-electron chi connectivity index (χ0n) is 12.7. The van der Waals surface area contributed by atoms with Crippen LogP contribution < -0.4 is 5.32 Å². The van der Waals surface area contributed by atoms with E-state index in [1.54, 1.807) is 11.8 Å². The van der Waals surface area contributed by atoms with Gasteiger partial charge in [-0.1, -0.05) is 29.8 Å². The van der Waals surface area contributed by atoms with E-state index in [9.17, 15) is 9.59 Å². The quantitative estimate of drug-likeness (QED) is 0.848. The number of aldehydes is 1. The van der Waals surface area contributed by atoms with Crippen molar-refractivity contribution in [2.75, 3.05) is 13.1 Å². The summed E-state index contributed by atoms with van der Waals surface area (Å²) >= 11 is 7.80. The number of amides is 1. The summed E-state index contributed by atoms with van der Waals surface area (Å²) in [5.74, 6) is 0.619. The first kappa shape index (κ1) is 16.4. The molecule has 2 heterocycles. The normalized spacial score (nSPS) is 21.7. The van der Waals surface area contributed by atoms with Crippen molar-refractivity contribution in [2.24, 2.45) is 5.92 Å². The van der Waals surface area contributed by atoms with Crippen LogP contribution in [0.15, 0.2) is 35.4 Å². The molecule has 1 N–H and O–H groups in total. The summed E-state index contributed by atoms with van der Waals surface area (Å²) in [4.78, 5) is 25.1. The van der Waals surface area contributed by atoms with Crippen LogP contribution in [0.2, 0.25) is 5.02 Å². The predicted octanol–water partition coefficient (Wildman–Crippen LogP) is 2.82. The molecule has 0 saturated carbocycles. The number of hydrogen-bond donors (Lipinski definition) is 1. The Bertz CT molecular complexity index is 627. The van der Waals surface area contributed by atoms with E-state index < -0.39 is 0 Å². The first-order valence-electron chi connectivity index (χ1n) is 7.76. The van der Waals surface area contributed by atoms with Crippen molar-refractivity contribution in [2.45, 2.75) is 24.6 Å². The van der Waals surface area contributed by atoms with Gasteiger partial charge in [0, 0.05) is 18.1 Å². The number of benzene rings is 1. The van der Waals surface area contributed by atoms with Gasteiger partial charge in [-0.2, -0.15) is 0 Å². The Morgan fingerprint density at radius 1 is 1.35 bits per heavy atom. The third-order valence-electron chi connectivity index (χ3n) is 4.40. The average Bonchev–Trinajstić information content (AvgIpc) is 3.06. The number of piperidine rings is 1. The molecule has 1 aromatic rings. The molecule has 1 saturated heterocycles. The number of nitrogens with one attached hydrogen (secondary N) is 1. The molecule has 0 spiro atoms. The summed E-state index contributed by atoms with van der Waals surface area (Å²) < 4.78 is 0. The Balaban J connectivity index is 1.50. The molecule has 4 nitrogen and oxygen atoms in total. The van der Waals surface area contributed by atoms with Crippen LogP contribution in [0.1, 0.15) is 18.4 Å². The largest absolute Gasteiger partial charge is 0.370 e. The summed E-state index contributed by atoms with van der Waals surface area (Å²) in [5, 5.41) is 6.03. The number of halogens is 1. The van der Waals surface area contributed by atoms with E-state index in [1.165, 1.54) is 0 Å². The number of allylic oxidation sites excluding steroid dienone is 1. The molecular formula is C17H19ClN2O2S. The average molecular weight is 351 g/mol. The molecule has 122 valence electrons. The van der Waals surface area contributed by atoms with Crippen molar-refractivity contribution in [3.8, 4) is 0 Å². The fourth-order valence-corrected chi connectivity index (χ4v) is 4.36. The van der Waals surface area contributed by atoms with Crippen LogP contribution in [0.3, 0.4) is 0 Å². The second-order valence-electron chi connectivity index (χ2n) is 5.88. The zero-order chi connectivity index (χ0) is 16.2. The van der Waals surface area contributed by atoms with Crippen LogP contribution >= 0.6 is 23.4 Å². The molecule has 0 bridgehead atoms. The van der Waals surface area contributed by atoms with Crippen molar-refractivity contribution in [1.29, 1.82) is 0 Å². The lowest BCUT2D eigenvalue weighted by atomic mass is 9.96. The number of carbonyl (C=O) groups excluding carboxylic acids is 2. The molecule has 2 aliphatic rings. The minimum atomic E-state index is 0.135. The third-order valence-corrected chi connectivity index (χ3v) is 5.95. The van der Waals surface area contributed by atoms with Crippen LogP contribution in [0.5, 0.6) is 0 Å². The third kappa shape index (κ3) is 3.90. The fraction of sp³-hybridized carbons (Fsp3) is 0.412. The number of nitrogens with zero attached hydrogens (tertiary/aromatic N) is 1. The van der Waals surface area contributed by atoms with Gasteiger partial charge < -0.3 is 10.2 Å². The minimum absolute atomic E-state index is 0.135. The van der Waals surface area contributed by atoms with Crippen molar-refractivity contribution < 1.29 is 9.59 Å². The minimum Gasteiger partial charge on any atom is -0.370 e. The maximum Gasteiger partial charge on any atom is 0.227 e. The molecule has 1 amide bonds. The van der Waals surface area contributed by atoms with Crippen LogP contribution in [-0.4, -0.2) is 35.6 Å². The molecule has 0 radical (unpaired) electrons. The molecule has 3 rings (SSSR count). The Kier molecular flexibility index (Phi) is 5.28. The smallest absolute Gasteiger partial charge is 0.227 e. The Hall–Kier alpha value is -1.46. The highest BCUT2D eigenvalue weighted by Gasteiger charge is 2.30. The number of thioether (sulfide) groups is 1. The molecule has 0 aromatic heterocycles. The van der Waals surface area contributed by atoms with Crippen molar-refractivity contribution >= 4 is 35.6 Å². The molecular weight excluding hydrogens is 332 g/mol. The SMILES string of the molecule is O=CC1=CSC(C2CCN(C(=O)Cc3ccccc3Cl)CC2)N1. The van der Waals surface area contributed by atoms with Crippen molar-refractivity contribution in [1.82, 2.24) is 10.2 Å². The summed E-state index contributed by atoms with van der Waals surface area (Å²) in [7, 11) is 0. The summed E-state index contributed by atoms with van der Waals surface area (Å²) in [6, 6.07) is 7.49. The molecule has 6 heteroatoms. The van der Waals surface area contributed by atoms with E-state index in [-0.39, 0.29) is 11.3 Å². The highest BCUT2D eigenvalue weighted by atomic mass is 35.5. The lowest BCUT2D eigenvalue weighted by Gasteiger charge is -2.34. The van der Waals surface area contributed by atoms with E-state index in [4.69, 9.17) is 11.6 Å². The Morgan fingerprint density at radius 2 is 2.09 bits per heavy atom. The van der Waals surface area contributed by atoms with E-state index in [0.29, 0.717) is 23.1 Å². The fourth-order valence-electron chi connectivity index (χ4n) is 3.04. The maximum atomic E-state index is 12.4. The van der Waals surface area contributed by atoms with E-state index in [1.807, 2.05) is 34.6 Å². The molecule has 1 aromatic carbocycles. The molecule has 0 aliphatic carbocycles. The van der Waals surface area contributed by atoms with Gasteiger partial charge in [0.1, 0.15) is 0 Å². The predicted molar refractivity (Wildman–Crippen MR) is 93.1 cm³/mol. The van der Waals surface area contributed by atoms with Gasteiger partial charge in [0.2, 0.25) is 5.91 Å². The molecule has 1 atom stereocenters. The standard InChI is InChI=1S/C17H19ClN2O2S/c18-15-4-2-1-3-13(15)9-16(22)20-7-5-12(6-8-20)17-19-14(10-21)11-23-17/h1-4,10-12,17,19H,5-9H2. The van der Waals surface area contributed by atoms with E-state index in [0.717, 1.165) is 37.8 Å². The van der Waals surface area contributed by atoms with Crippen LogP contribution in [0, 0.1) is 5.92 Å². The molecule has 1 fully saturated rings. The monoisotopic (exact) mass is 350 g/mol. The van der Waals surface area contributed by atoms with Gasteiger partial charge in [-0.25, -0.2) is 0 Å². The molecule has 23 heavy (non-hydrogen) atoms. The summed E-state index contributed by atoms with van der Waals surface area (Å²) in [6.07, 6.45) is 3.13. The Labute approximate surface area is 145 Å². The number of rotatable bonds is 4. The van der Waals surface area contributed by atoms with Gasteiger partial charge in [0.05, 0.1) is 17.5 Å². The van der Waals surface area contributed by atoms with E-state index >= 15 is 0 Å². The zero-order valence-corrected chi connectivity index (χ0v) is 14.3. The molecule has 2 aliphatic heterocycles. The second-order valence-corrected chi connectivity index (χ2v) is 7.30. The number of likely N-dealkylation sites (tertiary alicyclic amines) is 1. The van der Waals surface area contributed by atoms with Crippen LogP contribution in [-0.2, 0) is 16.0 Å². The summed E-state index contributed by atoms with van der Waals surface area (Å²) in [5.41, 5.74) is 1.55. The highest BCUT2D eigenvalue weighted by molar-refractivity contribution is 8.03. The lowest BCUT2D eigenvalue weighted by molar-refractivity contribution is -0.131.